The monoisotopic (exact) mass is 537 g/mol. The molecule has 2 saturated heterocycles. The summed E-state index contributed by atoms with van der Waals surface area (Å²) in [5.41, 5.74) is 4.60. The van der Waals surface area contributed by atoms with Gasteiger partial charge in [-0.3, -0.25) is 5.41 Å². The van der Waals surface area contributed by atoms with Crippen LogP contribution in [0.5, 0.6) is 0 Å². The second-order valence-corrected chi connectivity index (χ2v) is 14.5. The first kappa shape index (κ1) is 26.6. The summed E-state index contributed by atoms with van der Waals surface area (Å²) in [5.74, 6) is 1.46. The van der Waals surface area contributed by atoms with Crippen molar-refractivity contribution in [3.8, 4) is 11.1 Å². The van der Waals surface area contributed by atoms with E-state index in [0.29, 0.717) is 11.0 Å². The third kappa shape index (κ3) is 6.21. The number of benzene rings is 2. The van der Waals surface area contributed by atoms with Crippen LogP contribution in [-0.2, 0) is 4.74 Å². The number of hydrogen-bond acceptors (Lipinski definition) is 6. The molecule has 3 aliphatic rings. The molecule has 0 bridgehead atoms. The maximum atomic E-state index is 12.4. The Hall–Kier alpha value is -1.96. The third-order valence-corrected chi connectivity index (χ3v) is 9.63. The van der Waals surface area contributed by atoms with E-state index in [4.69, 9.17) is 10.1 Å². The van der Waals surface area contributed by atoms with Crippen molar-refractivity contribution in [1.29, 1.82) is 5.41 Å². The predicted molar refractivity (Wildman–Crippen MR) is 155 cm³/mol. The van der Waals surface area contributed by atoms with Gasteiger partial charge in [-0.2, -0.15) is 0 Å². The number of thioether (sulfide) groups is 1. The van der Waals surface area contributed by atoms with Gasteiger partial charge in [0.1, 0.15) is 5.60 Å². The summed E-state index contributed by atoms with van der Waals surface area (Å²) in [6, 6.07) is 13.2. The van der Waals surface area contributed by atoms with E-state index in [9.17, 15) is 4.79 Å². The Labute approximate surface area is 230 Å². The fourth-order valence-electron chi connectivity index (χ4n) is 5.71. The fourth-order valence-corrected chi connectivity index (χ4v) is 8.13. The average molecular weight is 538 g/mol. The molecule has 2 atom stereocenters. The highest BCUT2D eigenvalue weighted by atomic mass is 32.2. The zero-order valence-corrected chi connectivity index (χ0v) is 24.3. The zero-order valence-electron chi connectivity index (χ0n) is 22.7. The standard InChI is InChI=1S/C30H39N3O2S2/c1-19-14-20(2)18-33(17-19)37-23-7-9-25-24-8-6-22(15-26(24)28(31)27(25)16-23)36-21-10-12-32(13-11-21)29(34)35-30(3,4)5/h6-9,15-16,19-21,31H,10-14,17-18H2,1-5H3/t19-,20+. The number of likely N-dealkylation sites (tertiary alicyclic amines) is 1. The quantitative estimate of drug-likeness (QED) is 0.348. The summed E-state index contributed by atoms with van der Waals surface area (Å²) < 4.78 is 8.03. The summed E-state index contributed by atoms with van der Waals surface area (Å²) in [7, 11) is 0. The molecule has 2 aliphatic heterocycles. The van der Waals surface area contributed by atoms with Crippen molar-refractivity contribution in [2.24, 2.45) is 11.8 Å². The van der Waals surface area contributed by atoms with E-state index in [2.05, 4.69) is 54.6 Å². The minimum Gasteiger partial charge on any atom is -0.444 e. The number of nitrogens with one attached hydrogen (secondary N) is 1. The van der Waals surface area contributed by atoms with Crippen molar-refractivity contribution >= 4 is 35.5 Å². The molecule has 2 heterocycles. The van der Waals surface area contributed by atoms with Gasteiger partial charge in [-0.15, -0.1) is 11.8 Å². The van der Waals surface area contributed by atoms with Gasteiger partial charge < -0.3 is 9.64 Å². The lowest BCUT2D eigenvalue weighted by atomic mass is 9.94. The number of carbonyl (C=O) groups is 1. The smallest absolute Gasteiger partial charge is 0.410 e. The van der Waals surface area contributed by atoms with Crippen molar-refractivity contribution in [2.75, 3.05) is 26.2 Å². The van der Waals surface area contributed by atoms with Gasteiger partial charge in [0.2, 0.25) is 0 Å². The first-order chi connectivity index (χ1) is 17.6. The highest BCUT2D eigenvalue weighted by Crippen LogP contribution is 2.42. The summed E-state index contributed by atoms with van der Waals surface area (Å²) in [6.07, 6.45) is 3.01. The molecule has 2 aromatic rings. The number of ether oxygens (including phenoxy) is 1. The molecule has 5 rings (SSSR count). The lowest BCUT2D eigenvalue weighted by molar-refractivity contribution is 0.0219. The van der Waals surface area contributed by atoms with E-state index < -0.39 is 5.60 Å². The highest BCUT2D eigenvalue weighted by molar-refractivity contribution is 8.00. The molecule has 1 N–H and O–H groups in total. The van der Waals surface area contributed by atoms with Crippen molar-refractivity contribution in [3.63, 3.8) is 0 Å². The van der Waals surface area contributed by atoms with Crippen LogP contribution in [0.2, 0.25) is 0 Å². The van der Waals surface area contributed by atoms with Gasteiger partial charge in [-0.05, 0) is 99.2 Å². The maximum Gasteiger partial charge on any atom is 0.410 e. The van der Waals surface area contributed by atoms with E-state index >= 15 is 0 Å². The summed E-state index contributed by atoms with van der Waals surface area (Å²) in [6.45, 7) is 14.1. The van der Waals surface area contributed by atoms with Crippen LogP contribution in [0.15, 0.2) is 46.2 Å². The van der Waals surface area contributed by atoms with Crippen LogP contribution in [0.25, 0.3) is 11.1 Å². The van der Waals surface area contributed by atoms with E-state index in [1.807, 2.05) is 49.4 Å². The SMILES string of the molecule is C[C@@H]1C[C@H](C)CN(Sc2ccc3c(c2)C(=N)c2cc(SC4CCN(C(=O)OC(C)(C)C)CC4)ccc2-3)C1. The van der Waals surface area contributed by atoms with E-state index in [-0.39, 0.29) is 6.09 Å². The minimum absolute atomic E-state index is 0.207. The molecule has 2 fully saturated rings. The molecule has 1 amide bonds. The summed E-state index contributed by atoms with van der Waals surface area (Å²) in [5, 5.41) is 9.43. The second-order valence-electron chi connectivity index (χ2n) is 12.0. The molecule has 37 heavy (non-hydrogen) atoms. The molecular weight excluding hydrogens is 498 g/mol. The molecule has 5 nitrogen and oxygen atoms in total. The van der Waals surface area contributed by atoms with Crippen LogP contribution >= 0.6 is 23.7 Å². The lowest BCUT2D eigenvalue weighted by Crippen LogP contribution is -2.42. The first-order valence-electron chi connectivity index (χ1n) is 13.5. The van der Waals surface area contributed by atoms with Crippen molar-refractivity contribution in [2.45, 2.75) is 74.5 Å². The van der Waals surface area contributed by atoms with E-state index in [1.165, 1.54) is 27.3 Å². The fraction of sp³-hybridized carbons (Fsp3) is 0.533. The predicted octanol–water partition coefficient (Wildman–Crippen LogP) is 7.56. The number of rotatable bonds is 4. The average Bonchev–Trinajstić information content (AvgIpc) is 3.09. The number of amides is 1. The number of nitrogens with zero attached hydrogens (tertiary/aromatic N) is 2. The van der Waals surface area contributed by atoms with Gasteiger partial charge in [0.05, 0.1) is 5.71 Å². The Balaban J connectivity index is 1.22. The largest absolute Gasteiger partial charge is 0.444 e. The maximum absolute atomic E-state index is 12.4. The molecule has 7 heteroatoms. The molecule has 0 unspecified atom stereocenters. The number of fused-ring (bicyclic) bond motifs is 3. The van der Waals surface area contributed by atoms with Crippen molar-refractivity contribution < 1.29 is 9.53 Å². The summed E-state index contributed by atoms with van der Waals surface area (Å²) in [4.78, 5) is 16.6. The van der Waals surface area contributed by atoms with Crippen LogP contribution in [0.3, 0.4) is 0 Å². The van der Waals surface area contributed by atoms with Gasteiger partial charge in [-0.25, -0.2) is 9.10 Å². The molecule has 198 valence electrons. The number of hydrogen-bond donors (Lipinski definition) is 1. The first-order valence-corrected chi connectivity index (χ1v) is 15.2. The van der Waals surface area contributed by atoms with Gasteiger partial charge in [-0.1, -0.05) is 26.0 Å². The van der Waals surface area contributed by atoms with Crippen LogP contribution in [0, 0.1) is 17.2 Å². The Kier molecular flexibility index (Phi) is 7.68. The lowest BCUT2D eigenvalue weighted by Gasteiger charge is -2.33. The van der Waals surface area contributed by atoms with E-state index in [0.717, 1.165) is 62.0 Å². The van der Waals surface area contributed by atoms with Gasteiger partial charge in [0, 0.05) is 52.3 Å². The molecule has 2 aromatic carbocycles. The molecule has 1 aliphatic carbocycles. The van der Waals surface area contributed by atoms with Gasteiger partial charge in [0.15, 0.2) is 0 Å². The Morgan fingerprint density at radius 2 is 1.49 bits per heavy atom. The van der Waals surface area contributed by atoms with Gasteiger partial charge >= 0.3 is 6.09 Å². The third-order valence-electron chi connectivity index (χ3n) is 7.28. The number of piperidine rings is 2. The van der Waals surface area contributed by atoms with Crippen molar-refractivity contribution in [1.82, 2.24) is 9.21 Å². The number of carbonyl (C=O) groups excluding carboxylic acids is 1. The topological polar surface area (TPSA) is 56.6 Å². The highest BCUT2D eigenvalue weighted by Gasteiger charge is 2.29. The van der Waals surface area contributed by atoms with Crippen LogP contribution in [-0.4, -0.2) is 58.0 Å². The normalized spacial score (nSPS) is 22.6. The second kappa shape index (κ2) is 10.7. The van der Waals surface area contributed by atoms with Crippen LogP contribution in [0.1, 0.15) is 65.0 Å². The molecular formula is C30H39N3O2S2. The Morgan fingerprint density at radius 1 is 0.919 bits per heavy atom. The molecule has 0 aromatic heterocycles. The van der Waals surface area contributed by atoms with Crippen LogP contribution < -0.4 is 0 Å². The Morgan fingerprint density at radius 3 is 2.08 bits per heavy atom. The molecule has 0 spiro atoms. The van der Waals surface area contributed by atoms with Crippen molar-refractivity contribution in [3.05, 3.63) is 47.5 Å². The Bertz CT molecular complexity index is 1170. The minimum atomic E-state index is -0.459. The molecule has 0 radical (unpaired) electrons. The van der Waals surface area contributed by atoms with Crippen LogP contribution in [0.4, 0.5) is 4.79 Å². The van der Waals surface area contributed by atoms with Gasteiger partial charge in [0.25, 0.3) is 0 Å². The zero-order chi connectivity index (χ0) is 26.3. The molecule has 0 saturated carbocycles. The summed E-state index contributed by atoms with van der Waals surface area (Å²) >= 11 is 3.72. The van der Waals surface area contributed by atoms with E-state index in [1.54, 1.807) is 0 Å².